The van der Waals surface area contributed by atoms with Crippen LogP contribution in [-0.4, -0.2) is 66.6 Å². The van der Waals surface area contributed by atoms with Gasteiger partial charge in [0, 0.05) is 6.07 Å². The van der Waals surface area contributed by atoms with E-state index in [1.165, 1.54) is 10.7 Å². The third-order valence-corrected chi connectivity index (χ3v) is 5.11. The van der Waals surface area contributed by atoms with Crippen LogP contribution in [0.25, 0.3) is 0 Å². The van der Waals surface area contributed by atoms with Crippen LogP contribution in [0.1, 0.15) is 21.6 Å². The van der Waals surface area contributed by atoms with Gasteiger partial charge in [-0.2, -0.15) is 31.4 Å². The van der Waals surface area contributed by atoms with Crippen LogP contribution in [0.2, 0.25) is 0 Å². The summed E-state index contributed by atoms with van der Waals surface area (Å²) in [6.07, 6.45) is -9.10. The van der Waals surface area contributed by atoms with Gasteiger partial charge in [0.25, 0.3) is 5.91 Å². The SMILES string of the molecule is O=C(N[C@H]1COc2ccc(COCC(F)(F)F)cc2C1)c1cc2n(n1)C[C@H](COCC(F)(F)F)O2. The normalized spacial score (nSPS) is 19.5. The molecule has 1 N–H and O–H groups in total. The summed E-state index contributed by atoms with van der Waals surface area (Å²) in [6.45, 7) is -2.89. The maximum absolute atomic E-state index is 12.6. The van der Waals surface area contributed by atoms with Gasteiger partial charge in [0.15, 0.2) is 5.69 Å². The Hall–Kier alpha value is -3.00. The average Bonchev–Trinajstić information content (AvgIpc) is 3.30. The molecule has 0 aliphatic carbocycles. The molecule has 0 saturated carbocycles. The number of nitrogens with zero attached hydrogens (tertiary/aromatic N) is 2. The van der Waals surface area contributed by atoms with Crippen molar-refractivity contribution in [2.45, 2.75) is 44.1 Å². The van der Waals surface area contributed by atoms with Crippen molar-refractivity contribution >= 4 is 5.91 Å². The van der Waals surface area contributed by atoms with Gasteiger partial charge in [0.1, 0.15) is 31.7 Å². The molecule has 2 atom stereocenters. The maximum Gasteiger partial charge on any atom is 0.411 e. The quantitative estimate of drug-likeness (QED) is 0.551. The van der Waals surface area contributed by atoms with E-state index in [4.69, 9.17) is 9.47 Å². The van der Waals surface area contributed by atoms with Gasteiger partial charge in [-0.3, -0.25) is 4.79 Å². The van der Waals surface area contributed by atoms with Crippen LogP contribution >= 0.6 is 0 Å². The molecule has 3 heterocycles. The second-order valence-corrected chi connectivity index (χ2v) is 8.16. The molecule has 2 aliphatic heterocycles. The van der Waals surface area contributed by atoms with E-state index in [1.807, 2.05) is 0 Å². The zero-order valence-corrected chi connectivity index (χ0v) is 18.1. The largest absolute Gasteiger partial charge is 0.491 e. The van der Waals surface area contributed by atoms with Crippen molar-refractivity contribution in [3.63, 3.8) is 0 Å². The summed E-state index contributed by atoms with van der Waals surface area (Å²) < 4.78 is 95.1. The number of aromatic nitrogens is 2. The smallest absolute Gasteiger partial charge is 0.411 e. The molecular weight excluding hydrogens is 488 g/mol. The molecule has 1 amide bonds. The molecule has 1 aromatic carbocycles. The highest BCUT2D eigenvalue weighted by Gasteiger charge is 2.32. The number of amides is 1. The van der Waals surface area contributed by atoms with Gasteiger partial charge in [0.2, 0.25) is 5.88 Å². The summed E-state index contributed by atoms with van der Waals surface area (Å²) >= 11 is 0. The Bertz CT molecular complexity index is 1030. The lowest BCUT2D eigenvalue weighted by molar-refractivity contribution is -0.178. The van der Waals surface area contributed by atoms with Gasteiger partial charge in [0.05, 0.1) is 25.8 Å². The van der Waals surface area contributed by atoms with E-state index >= 15 is 0 Å². The number of hydrogen-bond acceptors (Lipinski definition) is 6. The van der Waals surface area contributed by atoms with Gasteiger partial charge >= 0.3 is 12.4 Å². The highest BCUT2D eigenvalue weighted by molar-refractivity contribution is 5.92. The number of halogens is 6. The zero-order chi connectivity index (χ0) is 25.2. The molecule has 0 bridgehead atoms. The number of ether oxygens (including phenoxy) is 4. The highest BCUT2D eigenvalue weighted by atomic mass is 19.4. The third kappa shape index (κ3) is 7.01. The summed E-state index contributed by atoms with van der Waals surface area (Å²) in [7, 11) is 0. The van der Waals surface area contributed by atoms with Crippen molar-refractivity contribution in [1.82, 2.24) is 15.1 Å². The van der Waals surface area contributed by atoms with E-state index < -0.39 is 43.6 Å². The molecule has 35 heavy (non-hydrogen) atoms. The van der Waals surface area contributed by atoms with Crippen LogP contribution in [0, 0.1) is 0 Å². The fourth-order valence-corrected chi connectivity index (χ4v) is 3.70. The van der Waals surface area contributed by atoms with Crippen molar-refractivity contribution in [3.8, 4) is 11.6 Å². The van der Waals surface area contributed by atoms with E-state index in [-0.39, 0.29) is 37.9 Å². The number of benzene rings is 1. The van der Waals surface area contributed by atoms with Gasteiger partial charge in [-0.1, -0.05) is 6.07 Å². The van der Waals surface area contributed by atoms with Crippen LogP contribution in [0.15, 0.2) is 24.3 Å². The lowest BCUT2D eigenvalue weighted by Gasteiger charge is -2.26. The topological polar surface area (TPSA) is 83.8 Å². The van der Waals surface area contributed by atoms with Crippen LogP contribution in [0.5, 0.6) is 11.6 Å². The van der Waals surface area contributed by atoms with Gasteiger partial charge < -0.3 is 24.3 Å². The summed E-state index contributed by atoms with van der Waals surface area (Å²) in [6, 6.07) is 5.90. The van der Waals surface area contributed by atoms with E-state index in [0.717, 1.165) is 0 Å². The Morgan fingerprint density at radius 3 is 2.57 bits per heavy atom. The molecule has 192 valence electrons. The van der Waals surface area contributed by atoms with Crippen molar-refractivity contribution in [2.24, 2.45) is 0 Å². The molecule has 0 saturated heterocycles. The molecule has 2 aliphatic rings. The summed E-state index contributed by atoms with van der Waals surface area (Å²) in [5.74, 6) is 0.315. The van der Waals surface area contributed by atoms with Crippen molar-refractivity contribution in [1.29, 1.82) is 0 Å². The first-order valence-corrected chi connectivity index (χ1v) is 10.5. The number of carbonyl (C=O) groups excluding carboxylic acids is 1. The monoisotopic (exact) mass is 509 g/mol. The average molecular weight is 509 g/mol. The number of rotatable bonds is 8. The zero-order valence-electron chi connectivity index (χ0n) is 18.1. The number of nitrogens with one attached hydrogen (secondary N) is 1. The number of alkyl halides is 6. The van der Waals surface area contributed by atoms with Crippen LogP contribution in [-0.2, 0) is 29.0 Å². The van der Waals surface area contributed by atoms with Crippen LogP contribution in [0.3, 0.4) is 0 Å². The number of fused-ring (bicyclic) bond motifs is 2. The van der Waals surface area contributed by atoms with Crippen molar-refractivity contribution < 1.29 is 50.1 Å². The van der Waals surface area contributed by atoms with E-state index in [1.54, 1.807) is 18.2 Å². The first kappa shape index (κ1) is 25.1. The van der Waals surface area contributed by atoms with E-state index in [0.29, 0.717) is 23.3 Å². The molecule has 8 nitrogen and oxygen atoms in total. The molecule has 0 fully saturated rings. The molecular formula is C21H21F6N3O5. The molecule has 14 heteroatoms. The molecule has 0 radical (unpaired) electrons. The highest BCUT2D eigenvalue weighted by Crippen LogP contribution is 2.27. The van der Waals surface area contributed by atoms with E-state index in [2.05, 4.69) is 19.9 Å². The van der Waals surface area contributed by atoms with E-state index in [9.17, 15) is 31.1 Å². The van der Waals surface area contributed by atoms with Crippen LogP contribution in [0.4, 0.5) is 26.3 Å². The maximum atomic E-state index is 12.6. The summed E-state index contributed by atoms with van der Waals surface area (Å²) in [5.41, 5.74) is 1.32. The predicted octanol–water partition coefficient (Wildman–Crippen LogP) is 3.04. The Kier molecular flexibility index (Phi) is 7.12. The number of hydrogen-bond donors (Lipinski definition) is 1. The molecule has 4 rings (SSSR count). The van der Waals surface area contributed by atoms with Crippen molar-refractivity contribution in [2.75, 3.05) is 26.4 Å². The Labute approximate surface area is 195 Å². The number of carbonyl (C=O) groups is 1. The minimum atomic E-state index is -4.43. The van der Waals surface area contributed by atoms with Gasteiger partial charge in [-0.15, -0.1) is 0 Å². The van der Waals surface area contributed by atoms with Crippen molar-refractivity contribution in [3.05, 3.63) is 41.1 Å². The lowest BCUT2D eigenvalue weighted by atomic mass is 10.0. The second-order valence-electron chi connectivity index (χ2n) is 8.16. The molecule has 0 unspecified atom stereocenters. The standard InChI is InChI=1S/C21H21F6N3O5/c22-20(23,24)10-32-7-12-1-2-17-13(3-12)4-14(8-34-17)28-19(31)16-5-18-30(29-16)6-15(35-18)9-33-11-21(25,26)27/h1-3,5,14-15H,4,6-11H2,(H,28,31)/t14-,15-/m1/s1. The molecule has 2 aromatic rings. The summed E-state index contributed by atoms with van der Waals surface area (Å²) in [4.78, 5) is 12.6. The Balaban J connectivity index is 1.27. The fourth-order valence-electron chi connectivity index (χ4n) is 3.70. The first-order valence-electron chi connectivity index (χ1n) is 10.5. The third-order valence-electron chi connectivity index (χ3n) is 5.11. The van der Waals surface area contributed by atoms with Gasteiger partial charge in [-0.05, 0) is 29.7 Å². The second kappa shape index (κ2) is 9.93. The first-order chi connectivity index (χ1) is 16.4. The minimum Gasteiger partial charge on any atom is -0.491 e. The molecule has 1 aromatic heterocycles. The lowest BCUT2D eigenvalue weighted by Crippen LogP contribution is -2.43. The fraction of sp³-hybridized carbons (Fsp3) is 0.524. The van der Waals surface area contributed by atoms with Crippen LogP contribution < -0.4 is 14.8 Å². The Morgan fingerprint density at radius 1 is 1.11 bits per heavy atom. The summed E-state index contributed by atoms with van der Waals surface area (Å²) in [5, 5.41) is 6.91. The predicted molar refractivity (Wildman–Crippen MR) is 106 cm³/mol. The Morgan fingerprint density at radius 2 is 1.86 bits per heavy atom. The minimum absolute atomic E-state index is 0.0646. The van der Waals surface area contributed by atoms with Gasteiger partial charge in [-0.25, -0.2) is 4.68 Å². The molecule has 0 spiro atoms.